The second-order valence-electron chi connectivity index (χ2n) is 7.50. The minimum absolute atomic E-state index is 0.0826. The second kappa shape index (κ2) is 10.9. The first kappa shape index (κ1) is 26.2. The molecule has 1 aliphatic heterocycles. The number of methoxy groups -OCH3 is 1. The summed E-state index contributed by atoms with van der Waals surface area (Å²) in [5, 5.41) is 0. The number of piperidine rings is 1. The molecule has 1 aromatic carbocycles. The highest BCUT2D eigenvalue weighted by Crippen LogP contribution is 2.36. The lowest BCUT2D eigenvalue weighted by atomic mass is 10.1. The Kier molecular flexibility index (Phi) is 8.37. The Balaban J connectivity index is 1.83. The standard InChI is InChI=1S/C22H22BrF3N2O5S/c1-32-18-7-5-15(11-19(18)34(30,31)28-9-3-2-4-10-28)6-8-20(29)33-21(22(24,25)26)16-12-17(23)14-27-13-16/h5-8,11-14,21H,2-4,9-10H2,1H3/b8-6+. The maximum Gasteiger partial charge on any atom is 0.429 e. The Morgan fingerprint density at radius 3 is 2.50 bits per heavy atom. The number of hydrogen-bond donors (Lipinski definition) is 0. The molecule has 0 radical (unpaired) electrons. The number of aromatic nitrogens is 1. The van der Waals surface area contributed by atoms with Crippen LogP contribution in [0.2, 0.25) is 0 Å². The Morgan fingerprint density at radius 1 is 1.18 bits per heavy atom. The topological polar surface area (TPSA) is 85.8 Å². The first-order chi connectivity index (χ1) is 16.0. The smallest absolute Gasteiger partial charge is 0.429 e. The normalized spacial score (nSPS) is 16.4. The van der Waals surface area contributed by atoms with Crippen LogP contribution in [0.4, 0.5) is 13.2 Å². The number of rotatable bonds is 7. The van der Waals surface area contributed by atoms with E-state index in [0.29, 0.717) is 17.6 Å². The number of ether oxygens (including phenoxy) is 2. The van der Waals surface area contributed by atoms with Crippen LogP contribution in [0.15, 0.2) is 52.1 Å². The molecule has 0 spiro atoms. The van der Waals surface area contributed by atoms with Gasteiger partial charge in [-0.15, -0.1) is 0 Å². The summed E-state index contributed by atoms with van der Waals surface area (Å²) in [5.41, 5.74) is -0.0657. The zero-order valence-electron chi connectivity index (χ0n) is 18.1. The molecule has 1 aromatic heterocycles. The summed E-state index contributed by atoms with van der Waals surface area (Å²) in [6, 6.07) is 5.38. The Hall–Kier alpha value is -2.44. The predicted molar refractivity (Wildman–Crippen MR) is 121 cm³/mol. The lowest BCUT2D eigenvalue weighted by molar-refractivity contribution is -0.221. The fraction of sp³-hybridized carbons (Fsp3) is 0.364. The molecule has 1 aliphatic rings. The van der Waals surface area contributed by atoms with Gasteiger partial charge in [0.2, 0.25) is 16.1 Å². The highest BCUT2D eigenvalue weighted by molar-refractivity contribution is 9.10. The van der Waals surface area contributed by atoms with Gasteiger partial charge in [0.05, 0.1) is 7.11 Å². The first-order valence-corrected chi connectivity index (χ1v) is 12.5. The fourth-order valence-corrected chi connectivity index (χ4v) is 5.55. The van der Waals surface area contributed by atoms with Crippen molar-refractivity contribution in [1.29, 1.82) is 0 Å². The van der Waals surface area contributed by atoms with Crippen LogP contribution in [-0.2, 0) is 19.6 Å². The number of nitrogens with zero attached hydrogens (tertiary/aromatic N) is 2. The van der Waals surface area contributed by atoms with E-state index in [1.54, 1.807) is 0 Å². The van der Waals surface area contributed by atoms with Gasteiger partial charge in [-0.3, -0.25) is 4.98 Å². The van der Waals surface area contributed by atoms with Crippen LogP contribution in [0.3, 0.4) is 0 Å². The molecule has 0 amide bonds. The van der Waals surface area contributed by atoms with Gasteiger partial charge in [0, 0.05) is 41.6 Å². The lowest BCUT2D eigenvalue weighted by Gasteiger charge is -2.26. The van der Waals surface area contributed by atoms with Crippen molar-refractivity contribution in [3.63, 3.8) is 0 Å². The summed E-state index contributed by atoms with van der Waals surface area (Å²) in [5.74, 6) is -1.12. The van der Waals surface area contributed by atoms with Crippen molar-refractivity contribution < 1.29 is 35.9 Å². The second-order valence-corrected chi connectivity index (χ2v) is 10.3. The van der Waals surface area contributed by atoms with Gasteiger partial charge in [-0.2, -0.15) is 17.5 Å². The van der Waals surface area contributed by atoms with E-state index >= 15 is 0 Å². The van der Waals surface area contributed by atoms with Crippen LogP contribution in [0, 0.1) is 0 Å². The van der Waals surface area contributed by atoms with Gasteiger partial charge in [-0.05, 0) is 58.6 Å². The summed E-state index contributed by atoms with van der Waals surface area (Å²) in [6.07, 6.45) is -0.668. The molecule has 1 fully saturated rings. The summed E-state index contributed by atoms with van der Waals surface area (Å²) in [6.45, 7) is 0.780. The molecule has 0 bridgehead atoms. The molecule has 3 rings (SSSR count). The fourth-order valence-electron chi connectivity index (χ4n) is 3.46. The number of alkyl halides is 3. The van der Waals surface area contributed by atoms with Gasteiger partial charge < -0.3 is 9.47 Å². The van der Waals surface area contributed by atoms with Crippen molar-refractivity contribution in [2.75, 3.05) is 20.2 Å². The van der Waals surface area contributed by atoms with E-state index in [1.165, 1.54) is 41.9 Å². The van der Waals surface area contributed by atoms with Gasteiger partial charge in [-0.1, -0.05) is 12.5 Å². The summed E-state index contributed by atoms with van der Waals surface area (Å²) in [7, 11) is -2.51. The van der Waals surface area contributed by atoms with Crippen LogP contribution in [-0.4, -0.2) is 50.1 Å². The summed E-state index contributed by atoms with van der Waals surface area (Å²) in [4.78, 5) is 15.8. The molecule has 7 nitrogen and oxygen atoms in total. The van der Waals surface area contributed by atoms with Crippen molar-refractivity contribution in [2.24, 2.45) is 0 Å². The number of carbonyl (C=O) groups excluding carboxylic acids is 1. The van der Waals surface area contributed by atoms with Crippen molar-refractivity contribution in [2.45, 2.75) is 36.4 Å². The molecule has 0 aliphatic carbocycles. The van der Waals surface area contributed by atoms with E-state index in [0.717, 1.165) is 37.6 Å². The molecule has 34 heavy (non-hydrogen) atoms. The van der Waals surface area contributed by atoms with Gasteiger partial charge in [-0.25, -0.2) is 13.2 Å². The third-order valence-corrected chi connectivity index (χ3v) is 7.45. The monoisotopic (exact) mass is 562 g/mol. The SMILES string of the molecule is COc1ccc(/C=C/C(=O)OC(c2cncc(Br)c2)C(F)(F)F)cc1S(=O)(=O)N1CCCCC1. The third kappa shape index (κ3) is 6.36. The number of carbonyl (C=O) groups is 1. The molecule has 12 heteroatoms. The minimum atomic E-state index is -4.86. The highest BCUT2D eigenvalue weighted by Gasteiger charge is 2.44. The van der Waals surface area contributed by atoms with E-state index in [-0.39, 0.29) is 21.8 Å². The van der Waals surface area contributed by atoms with E-state index in [9.17, 15) is 26.4 Å². The summed E-state index contributed by atoms with van der Waals surface area (Å²) < 4.78 is 78.1. The molecular weight excluding hydrogens is 541 g/mol. The quantitative estimate of drug-likeness (QED) is 0.353. The van der Waals surface area contributed by atoms with Gasteiger partial charge in [0.1, 0.15) is 10.6 Å². The maximum absolute atomic E-state index is 13.5. The van der Waals surface area contributed by atoms with Crippen LogP contribution >= 0.6 is 15.9 Å². The van der Waals surface area contributed by atoms with Crippen molar-refractivity contribution >= 4 is 38.0 Å². The maximum atomic E-state index is 13.5. The van der Waals surface area contributed by atoms with Crippen LogP contribution in [0.1, 0.15) is 36.5 Å². The predicted octanol–water partition coefficient (Wildman–Crippen LogP) is 4.89. The van der Waals surface area contributed by atoms with Gasteiger partial charge in [0.25, 0.3) is 0 Å². The number of benzene rings is 1. The number of pyridine rings is 1. The van der Waals surface area contributed by atoms with Crippen molar-refractivity contribution in [3.05, 3.63) is 58.3 Å². The van der Waals surface area contributed by atoms with Crippen LogP contribution in [0.25, 0.3) is 6.08 Å². The van der Waals surface area contributed by atoms with E-state index < -0.39 is 28.3 Å². The van der Waals surface area contributed by atoms with Crippen LogP contribution in [0.5, 0.6) is 5.75 Å². The lowest BCUT2D eigenvalue weighted by Crippen LogP contribution is -2.35. The van der Waals surface area contributed by atoms with E-state index in [2.05, 4.69) is 25.7 Å². The van der Waals surface area contributed by atoms with Crippen LogP contribution < -0.4 is 4.74 Å². The average Bonchev–Trinajstić information content (AvgIpc) is 2.80. The zero-order chi connectivity index (χ0) is 24.9. The first-order valence-electron chi connectivity index (χ1n) is 10.3. The van der Waals surface area contributed by atoms with Gasteiger partial charge in [0.15, 0.2) is 0 Å². The Labute approximate surface area is 203 Å². The molecule has 1 atom stereocenters. The van der Waals surface area contributed by atoms with Crippen molar-refractivity contribution in [3.8, 4) is 5.75 Å². The molecule has 1 unspecified atom stereocenters. The molecule has 0 saturated carbocycles. The third-order valence-electron chi connectivity index (χ3n) is 5.09. The molecule has 184 valence electrons. The van der Waals surface area contributed by atoms with Gasteiger partial charge >= 0.3 is 12.1 Å². The molecule has 2 aromatic rings. The Bertz CT molecular complexity index is 1170. The van der Waals surface area contributed by atoms with Crippen molar-refractivity contribution in [1.82, 2.24) is 9.29 Å². The molecule has 2 heterocycles. The Morgan fingerprint density at radius 2 is 1.88 bits per heavy atom. The summed E-state index contributed by atoms with van der Waals surface area (Å²) >= 11 is 3.04. The number of sulfonamides is 1. The highest BCUT2D eigenvalue weighted by atomic mass is 79.9. The average molecular weight is 563 g/mol. The van der Waals surface area contributed by atoms with E-state index in [1.807, 2.05) is 0 Å². The zero-order valence-corrected chi connectivity index (χ0v) is 20.5. The molecular formula is C22H22BrF3N2O5S. The number of halogens is 4. The number of hydrogen-bond acceptors (Lipinski definition) is 6. The van der Waals surface area contributed by atoms with E-state index in [4.69, 9.17) is 4.74 Å². The minimum Gasteiger partial charge on any atom is -0.495 e. The number of esters is 1. The largest absolute Gasteiger partial charge is 0.495 e. The molecule has 1 saturated heterocycles. The molecule has 0 N–H and O–H groups in total.